The highest BCUT2D eigenvalue weighted by atomic mass is 16.4. The van der Waals surface area contributed by atoms with E-state index in [1.54, 1.807) is 6.08 Å². The van der Waals surface area contributed by atoms with Gasteiger partial charge in [0.1, 0.15) is 0 Å². The number of nitrogens with one attached hydrogen (secondary N) is 1. The van der Waals surface area contributed by atoms with Crippen LogP contribution in [-0.4, -0.2) is 17.6 Å². The molecular weight excluding hydrogens is 190 g/mol. The molecule has 0 aliphatic rings. The van der Waals surface area contributed by atoms with Crippen molar-refractivity contribution in [3.05, 3.63) is 42.0 Å². The molecule has 0 atom stereocenters. The monoisotopic (exact) mass is 205 g/mol. The van der Waals surface area contributed by atoms with E-state index >= 15 is 0 Å². The summed E-state index contributed by atoms with van der Waals surface area (Å²) in [4.78, 5) is 10.7. The Hall–Kier alpha value is -1.77. The van der Waals surface area contributed by atoms with Gasteiger partial charge in [0.05, 0.1) is 6.42 Å². The first-order valence-corrected chi connectivity index (χ1v) is 4.79. The number of benzene rings is 1. The van der Waals surface area contributed by atoms with Crippen molar-refractivity contribution >= 4 is 11.7 Å². The molecule has 2 N–H and O–H groups in total. The molecule has 3 nitrogen and oxygen atoms in total. The second kappa shape index (κ2) is 5.20. The van der Waals surface area contributed by atoms with E-state index in [1.165, 1.54) is 0 Å². The molecule has 0 spiro atoms. The standard InChI is InChI=1S/C12H15NO2/c1-3-6-13-11-5-4-9(2)7-10(11)8-12(14)15/h3-5,7,13H,1,6,8H2,2H3,(H,14,15). The van der Waals surface area contributed by atoms with Gasteiger partial charge >= 0.3 is 5.97 Å². The van der Waals surface area contributed by atoms with E-state index in [4.69, 9.17) is 5.11 Å². The maximum Gasteiger partial charge on any atom is 0.307 e. The lowest BCUT2D eigenvalue weighted by molar-refractivity contribution is -0.136. The SMILES string of the molecule is C=CCNc1ccc(C)cc1CC(=O)O. The molecule has 3 heteroatoms. The number of aliphatic carboxylic acids is 1. The molecule has 0 amide bonds. The molecule has 0 saturated carbocycles. The number of hydrogen-bond acceptors (Lipinski definition) is 2. The molecule has 0 heterocycles. The van der Waals surface area contributed by atoms with E-state index in [1.807, 2.05) is 25.1 Å². The molecule has 0 bridgehead atoms. The zero-order valence-electron chi connectivity index (χ0n) is 8.79. The van der Waals surface area contributed by atoms with Gasteiger partial charge in [-0.15, -0.1) is 6.58 Å². The van der Waals surface area contributed by atoms with E-state index in [9.17, 15) is 4.79 Å². The Labute approximate surface area is 89.4 Å². The first kappa shape index (κ1) is 11.3. The lowest BCUT2D eigenvalue weighted by Gasteiger charge is -2.10. The Bertz CT molecular complexity index is 372. The molecule has 0 aliphatic heterocycles. The molecule has 0 radical (unpaired) electrons. The van der Waals surface area contributed by atoms with Gasteiger partial charge in [0.25, 0.3) is 0 Å². The van der Waals surface area contributed by atoms with E-state index in [-0.39, 0.29) is 6.42 Å². The van der Waals surface area contributed by atoms with Crippen LogP contribution in [0, 0.1) is 6.92 Å². The zero-order chi connectivity index (χ0) is 11.3. The average Bonchev–Trinajstić information content (AvgIpc) is 2.16. The van der Waals surface area contributed by atoms with Gasteiger partial charge < -0.3 is 10.4 Å². The van der Waals surface area contributed by atoms with Crippen molar-refractivity contribution in [1.29, 1.82) is 0 Å². The Kier molecular flexibility index (Phi) is 3.92. The summed E-state index contributed by atoms with van der Waals surface area (Å²) < 4.78 is 0. The highest BCUT2D eigenvalue weighted by Crippen LogP contribution is 2.17. The minimum Gasteiger partial charge on any atom is -0.481 e. The third-order valence-electron chi connectivity index (χ3n) is 2.04. The molecule has 0 aromatic heterocycles. The number of rotatable bonds is 5. The summed E-state index contributed by atoms with van der Waals surface area (Å²) in [5, 5.41) is 11.9. The summed E-state index contributed by atoms with van der Waals surface area (Å²) in [7, 11) is 0. The number of aryl methyl sites for hydroxylation is 1. The molecule has 0 fully saturated rings. The number of hydrogen-bond donors (Lipinski definition) is 2. The minimum absolute atomic E-state index is 0.0428. The number of carboxylic acid groups (broad SMARTS) is 1. The second-order valence-electron chi connectivity index (χ2n) is 3.40. The van der Waals surface area contributed by atoms with Crippen LogP contribution in [0.15, 0.2) is 30.9 Å². The molecule has 0 saturated heterocycles. The van der Waals surface area contributed by atoms with Crippen molar-refractivity contribution in [3.63, 3.8) is 0 Å². The zero-order valence-corrected chi connectivity index (χ0v) is 8.79. The summed E-state index contributed by atoms with van der Waals surface area (Å²) in [6, 6.07) is 5.74. The van der Waals surface area contributed by atoms with Gasteiger partial charge in [-0.2, -0.15) is 0 Å². The highest BCUT2D eigenvalue weighted by Gasteiger charge is 2.06. The molecular formula is C12H15NO2. The van der Waals surface area contributed by atoms with Gasteiger partial charge in [0, 0.05) is 12.2 Å². The van der Waals surface area contributed by atoms with Crippen molar-refractivity contribution in [2.75, 3.05) is 11.9 Å². The fourth-order valence-electron chi connectivity index (χ4n) is 1.39. The molecule has 15 heavy (non-hydrogen) atoms. The summed E-state index contributed by atoms with van der Waals surface area (Å²) in [6.07, 6.45) is 1.78. The predicted octanol–water partition coefficient (Wildman–Crippen LogP) is 2.22. The van der Waals surface area contributed by atoms with Gasteiger partial charge in [0.15, 0.2) is 0 Å². The third kappa shape index (κ3) is 3.46. The predicted molar refractivity (Wildman–Crippen MR) is 61.2 cm³/mol. The highest BCUT2D eigenvalue weighted by molar-refractivity contribution is 5.73. The van der Waals surface area contributed by atoms with Crippen molar-refractivity contribution in [1.82, 2.24) is 0 Å². The Balaban J connectivity index is 2.91. The normalized spacial score (nSPS) is 9.67. The number of carboxylic acids is 1. The Morgan fingerprint density at radius 3 is 2.93 bits per heavy atom. The van der Waals surface area contributed by atoms with Gasteiger partial charge in [-0.25, -0.2) is 0 Å². The first-order chi connectivity index (χ1) is 7.13. The van der Waals surface area contributed by atoms with Crippen molar-refractivity contribution in [2.24, 2.45) is 0 Å². The molecule has 0 aliphatic carbocycles. The first-order valence-electron chi connectivity index (χ1n) is 4.79. The van der Waals surface area contributed by atoms with Crippen molar-refractivity contribution in [3.8, 4) is 0 Å². The van der Waals surface area contributed by atoms with Crippen LogP contribution in [0.25, 0.3) is 0 Å². The summed E-state index contributed by atoms with van der Waals surface area (Å²) in [5.74, 6) is -0.817. The van der Waals surface area contributed by atoms with Crippen LogP contribution in [0.4, 0.5) is 5.69 Å². The van der Waals surface area contributed by atoms with Crippen LogP contribution in [0.3, 0.4) is 0 Å². The molecule has 1 aromatic rings. The minimum atomic E-state index is -0.817. The summed E-state index contributed by atoms with van der Waals surface area (Å²) >= 11 is 0. The number of anilines is 1. The molecule has 80 valence electrons. The van der Waals surface area contributed by atoms with Gasteiger partial charge in [-0.1, -0.05) is 23.8 Å². The third-order valence-corrected chi connectivity index (χ3v) is 2.04. The van der Waals surface area contributed by atoms with E-state index in [0.717, 1.165) is 16.8 Å². The lowest BCUT2D eigenvalue weighted by Crippen LogP contribution is -2.06. The van der Waals surface area contributed by atoms with Crippen molar-refractivity contribution in [2.45, 2.75) is 13.3 Å². The Morgan fingerprint density at radius 2 is 2.33 bits per heavy atom. The van der Waals surface area contributed by atoms with Gasteiger partial charge in [-0.05, 0) is 18.6 Å². The maximum atomic E-state index is 10.7. The van der Waals surface area contributed by atoms with Crippen LogP contribution >= 0.6 is 0 Å². The van der Waals surface area contributed by atoms with Crippen LogP contribution in [-0.2, 0) is 11.2 Å². The molecule has 1 rings (SSSR count). The van der Waals surface area contributed by atoms with Crippen LogP contribution in [0.5, 0.6) is 0 Å². The number of carbonyl (C=O) groups is 1. The van der Waals surface area contributed by atoms with E-state index in [0.29, 0.717) is 6.54 Å². The summed E-state index contributed by atoms with van der Waals surface area (Å²) in [6.45, 7) is 6.19. The van der Waals surface area contributed by atoms with Gasteiger partial charge in [0.2, 0.25) is 0 Å². The summed E-state index contributed by atoms with van der Waals surface area (Å²) in [5.41, 5.74) is 2.74. The smallest absolute Gasteiger partial charge is 0.307 e. The molecule has 0 unspecified atom stereocenters. The largest absolute Gasteiger partial charge is 0.481 e. The van der Waals surface area contributed by atoms with Crippen LogP contribution in [0.2, 0.25) is 0 Å². The second-order valence-corrected chi connectivity index (χ2v) is 3.40. The van der Waals surface area contributed by atoms with Crippen LogP contribution < -0.4 is 5.32 Å². The van der Waals surface area contributed by atoms with Crippen LogP contribution in [0.1, 0.15) is 11.1 Å². The van der Waals surface area contributed by atoms with E-state index < -0.39 is 5.97 Å². The van der Waals surface area contributed by atoms with Gasteiger partial charge in [-0.3, -0.25) is 4.79 Å². The average molecular weight is 205 g/mol. The lowest BCUT2D eigenvalue weighted by atomic mass is 10.1. The molecule has 1 aromatic carbocycles. The quantitative estimate of drug-likeness (QED) is 0.725. The fraction of sp³-hybridized carbons (Fsp3) is 0.250. The van der Waals surface area contributed by atoms with E-state index in [2.05, 4.69) is 11.9 Å². The Morgan fingerprint density at radius 1 is 1.60 bits per heavy atom. The topological polar surface area (TPSA) is 49.3 Å². The maximum absolute atomic E-state index is 10.7. The van der Waals surface area contributed by atoms with Crippen molar-refractivity contribution < 1.29 is 9.90 Å². The fourth-order valence-corrected chi connectivity index (χ4v) is 1.39.